The van der Waals surface area contributed by atoms with Crippen LogP contribution in [0, 0.1) is 0 Å². The maximum absolute atomic E-state index is 13.0. The molecule has 0 fully saturated rings. The van der Waals surface area contributed by atoms with Gasteiger partial charge in [-0.1, -0.05) is 41.9 Å². The quantitative estimate of drug-likeness (QED) is 0.502. The van der Waals surface area contributed by atoms with E-state index >= 15 is 0 Å². The van der Waals surface area contributed by atoms with Gasteiger partial charge in [0.2, 0.25) is 0 Å². The summed E-state index contributed by atoms with van der Waals surface area (Å²) >= 11 is 5.99. The number of benzene rings is 2. The van der Waals surface area contributed by atoms with Crippen molar-refractivity contribution in [1.29, 1.82) is 0 Å². The van der Waals surface area contributed by atoms with Gasteiger partial charge in [-0.15, -0.1) is 0 Å². The first-order valence-electron chi connectivity index (χ1n) is 9.99. The van der Waals surface area contributed by atoms with Crippen molar-refractivity contribution in [3.05, 3.63) is 87.6 Å². The maximum atomic E-state index is 13.0. The van der Waals surface area contributed by atoms with Crippen molar-refractivity contribution in [1.82, 2.24) is 24.6 Å². The van der Waals surface area contributed by atoms with E-state index in [0.717, 1.165) is 12.8 Å². The lowest BCUT2D eigenvalue weighted by Crippen LogP contribution is -2.33. The first-order chi connectivity index (χ1) is 14.9. The van der Waals surface area contributed by atoms with Crippen LogP contribution < -0.4 is 10.9 Å². The van der Waals surface area contributed by atoms with Gasteiger partial charge in [0.1, 0.15) is 5.52 Å². The fourth-order valence-electron chi connectivity index (χ4n) is 3.40. The normalized spacial score (nSPS) is 12.1. The van der Waals surface area contributed by atoms with E-state index in [0.29, 0.717) is 10.7 Å². The molecule has 0 saturated carbocycles. The molecule has 1 atom stereocenters. The third kappa shape index (κ3) is 4.36. The summed E-state index contributed by atoms with van der Waals surface area (Å²) in [7, 11) is 1.61. The number of aromatic nitrogens is 4. The van der Waals surface area contributed by atoms with Crippen LogP contribution >= 0.6 is 11.6 Å². The van der Waals surface area contributed by atoms with Crippen molar-refractivity contribution < 1.29 is 4.79 Å². The highest BCUT2D eigenvalue weighted by atomic mass is 35.5. The highest BCUT2D eigenvalue weighted by molar-refractivity contribution is 6.30. The second-order valence-electron chi connectivity index (χ2n) is 7.49. The summed E-state index contributed by atoms with van der Waals surface area (Å²) in [5.41, 5.74) is 2.18. The minimum atomic E-state index is -0.362. The summed E-state index contributed by atoms with van der Waals surface area (Å²) < 4.78 is 2.81. The van der Waals surface area contributed by atoms with Crippen molar-refractivity contribution in [3.8, 4) is 5.69 Å². The molecule has 1 N–H and O–H groups in total. The molecular weight excluding hydrogens is 414 g/mol. The van der Waals surface area contributed by atoms with Crippen molar-refractivity contribution in [2.45, 2.75) is 25.8 Å². The van der Waals surface area contributed by atoms with Crippen molar-refractivity contribution in [2.75, 3.05) is 0 Å². The predicted octanol–water partition coefficient (Wildman–Crippen LogP) is 3.52. The molecule has 0 aliphatic rings. The minimum Gasteiger partial charge on any atom is -0.348 e. The van der Waals surface area contributed by atoms with Crippen LogP contribution in [0.5, 0.6) is 0 Å². The topological polar surface area (TPSA) is 81.8 Å². The number of rotatable bonds is 6. The van der Waals surface area contributed by atoms with Crippen LogP contribution in [0.4, 0.5) is 0 Å². The Hall–Kier alpha value is -3.45. The molecule has 0 radical (unpaired) electrons. The smallest absolute Gasteiger partial charge is 0.279 e. The van der Waals surface area contributed by atoms with E-state index in [1.54, 1.807) is 31.3 Å². The van der Waals surface area contributed by atoms with E-state index in [1.165, 1.54) is 21.1 Å². The van der Waals surface area contributed by atoms with Crippen LogP contribution in [0.2, 0.25) is 5.02 Å². The largest absolute Gasteiger partial charge is 0.348 e. The SMILES string of the molecule is C[C@@H](CCc1ccccc1)NC(=O)c1nn(-c2ccc(Cl)cc2)c2c(=O)n(C)cnc12. The fourth-order valence-corrected chi connectivity index (χ4v) is 3.53. The number of hydrogen-bond acceptors (Lipinski definition) is 4. The summed E-state index contributed by atoms with van der Waals surface area (Å²) in [5, 5.41) is 8.00. The van der Waals surface area contributed by atoms with Gasteiger partial charge < -0.3 is 9.88 Å². The Morgan fingerprint density at radius 2 is 1.84 bits per heavy atom. The first-order valence-corrected chi connectivity index (χ1v) is 10.4. The molecule has 158 valence electrons. The molecule has 4 aromatic rings. The van der Waals surface area contributed by atoms with Crippen LogP contribution in [0.3, 0.4) is 0 Å². The van der Waals surface area contributed by atoms with Gasteiger partial charge in [0.25, 0.3) is 11.5 Å². The molecule has 0 saturated heterocycles. The van der Waals surface area contributed by atoms with Crippen LogP contribution in [-0.4, -0.2) is 31.3 Å². The monoisotopic (exact) mass is 435 g/mol. The maximum Gasteiger partial charge on any atom is 0.279 e. The van der Waals surface area contributed by atoms with E-state index in [2.05, 4.69) is 27.5 Å². The van der Waals surface area contributed by atoms with Crippen molar-refractivity contribution >= 4 is 28.5 Å². The third-order valence-corrected chi connectivity index (χ3v) is 5.37. The second-order valence-corrected chi connectivity index (χ2v) is 7.93. The minimum absolute atomic E-state index is 0.0741. The Morgan fingerprint density at radius 3 is 2.55 bits per heavy atom. The van der Waals surface area contributed by atoms with Gasteiger partial charge in [-0.05, 0) is 49.6 Å². The van der Waals surface area contributed by atoms with Crippen LogP contribution in [-0.2, 0) is 13.5 Å². The van der Waals surface area contributed by atoms with E-state index in [1.807, 2.05) is 25.1 Å². The lowest BCUT2D eigenvalue weighted by molar-refractivity contribution is 0.0934. The summed E-state index contributed by atoms with van der Waals surface area (Å²) in [6.07, 6.45) is 3.02. The number of nitrogens with zero attached hydrogens (tertiary/aromatic N) is 4. The predicted molar refractivity (Wildman–Crippen MR) is 121 cm³/mol. The second kappa shape index (κ2) is 8.73. The molecule has 0 aliphatic heterocycles. The summed E-state index contributed by atoms with van der Waals surface area (Å²) in [4.78, 5) is 30.1. The zero-order valence-corrected chi connectivity index (χ0v) is 18.0. The third-order valence-electron chi connectivity index (χ3n) is 5.12. The molecule has 4 rings (SSSR count). The number of nitrogens with one attached hydrogen (secondary N) is 1. The fraction of sp³-hybridized carbons (Fsp3) is 0.217. The van der Waals surface area contributed by atoms with Gasteiger partial charge in [-0.3, -0.25) is 9.59 Å². The number of halogens is 1. The summed E-state index contributed by atoms with van der Waals surface area (Å²) in [6.45, 7) is 1.95. The molecule has 2 aromatic carbocycles. The van der Waals surface area contributed by atoms with Crippen LogP contribution in [0.1, 0.15) is 29.4 Å². The van der Waals surface area contributed by atoms with Gasteiger partial charge >= 0.3 is 0 Å². The number of carbonyl (C=O) groups is 1. The number of carbonyl (C=O) groups excluding carboxylic acids is 1. The van der Waals surface area contributed by atoms with Crippen molar-refractivity contribution in [3.63, 3.8) is 0 Å². The van der Waals surface area contributed by atoms with Gasteiger partial charge in [-0.2, -0.15) is 5.10 Å². The zero-order chi connectivity index (χ0) is 22.0. The molecule has 1 amide bonds. The van der Waals surface area contributed by atoms with Crippen LogP contribution in [0.15, 0.2) is 65.7 Å². The first kappa shape index (κ1) is 20.8. The Balaban J connectivity index is 1.64. The molecule has 7 nitrogen and oxygen atoms in total. The lowest BCUT2D eigenvalue weighted by Gasteiger charge is -2.13. The van der Waals surface area contributed by atoms with E-state index in [4.69, 9.17) is 11.6 Å². The number of amides is 1. The lowest BCUT2D eigenvalue weighted by atomic mass is 10.1. The highest BCUT2D eigenvalue weighted by Gasteiger charge is 2.23. The average Bonchev–Trinajstić information content (AvgIpc) is 3.16. The van der Waals surface area contributed by atoms with Gasteiger partial charge in [-0.25, -0.2) is 9.67 Å². The van der Waals surface area contributed by atoms with E-state index < -0.39 is 0 Å². The van der Waals surface area contributed by atoms with Crippen LogP contribution in [0.25, 0.3) is 16.7 Å². The van der Waals surface area contributed by atoms with Gasteiger partial charge in [0.15, 0.2) is 11.2 Å². The summed E-state index contributed by atoms with van der Waals surface area (Å²) in [6, 6.07) is 16.9. The molecular formula is C23H22ClN5O2. The molecule has 0 spiro atoms. The molecule has 31 heavy (non-hydrogen) atoms. The molecule has 0 aliphatic carbocycles. The number of aryl methyl sites for hydroxylation is 2. The summed E-state index contributed by atoms with van der Waals surface area (Å²) in [5.74, 6) is -0.362. The molecule has 8 heteroatoms. The van der Waals surface area contributed by atoms with Gasteiger partial charge in [0.05, 0.1) is 12.0 Å². The standard InChI is InChI=1S/C23H22ClN5O2/c1-15(8-9-16-6-4-3-5-7-16)26-22(30)20-19-21(23(31)28(2)14-25-19)29(27-20)18-12-10-17(24)11-13-18/h3-7,10-15H,8-9H2,1-2H3,(H,26,30)/t15-/m0/s1. The van der Waals surface area contributed by atoms with Crippen molar-refractivity contribution in [2.24, 2.45) is 7.05 Å². The highest BCUT2D eigenvalue weighted by Crippen LogP contribution is 2.20. The number of hydrogen-bond donors (Lipinski definition) is 1. The van der Waals surface area contributed by atoms with E-state index in [9.17, 15) is 9.59 Å². The molecule has 0 bridgehead atoms. The Kier molecular flexibility index (Phi) is 5.86. The number of fused-ring (bicyclic) bond motifs is 1. The Labute approximate surface area is 184 Å². The Morgan fingerprint density at radius 1 is 1.13 bits per heavy atom. The van der Waals surface area contributed by atoms with E-state index in [-0.39, 0.29) is 34.2 Å². The molecule has 2 aromatic heterocycles. The van der Waals surface area contributed by atoms with Gasteiger partial charge in [0, 0.05) is 18.1 Å². The molecule has 0 unspecified atom stereocenters. The molecule has 2 heterocycles. The Bertz CT molecular complexity index is 1280. The average molecular weight is 436 g/mol. The zero-order valence-electron chi connectivity index (χ0n) is 17.2.